The second kappa shape index (κ2) is 8.02. The van der Waals surface area contributed by atoms with Gasteiger partial charge in [0.05, 0.1) is 11.6 Å². The second-order valence-electron chi connectivity index (χ2n) is 4.47. The van der Waals surface area contributed by atoms with E-state index >= 15 is 0 Å². The van der Waals surface area contributed by atoms with Gasteiger partial charge in [0.25, 0.3) is 0 Å². The molecule has 0 radical (unpaired) electrons. The number of carbonyl (C=O) groups excluding carboxylic acids is 1. The van der Waals surface area contributed by atoms with Gasteiger partial charge in [-0.15, -0.1) is 0 Å². The molecular weight excluding hydrogens is 264 g/mol. The molecule has 2 N–H and O–H groups in total. The molecule has 106 valence electrons. The van der Waals surface area contributed by atoms with E-state index in [0.717, 1.165) is 0 Å². The van der Waals surface area contributed by atoms with Gasteiger partial charge in [0.15, 0.2) is 0 Å². The molecule has 0 heterocycles. The molecule has 0 aliphatic rings. The number of para-hydroxylation sites is 1. The summed E-state index contributed by atoms with van der Waals surface area (Å²) in [7, 11) is 1.77. The van der Waals surface area contributed by atoms with Crippen molar-refractivity contribution in [1.29, 1.82) is 0 Å². The lowest BCUT2D eigenvalue weighted by molar-refractivity contribution is -0.131. The Morgan fingerprint density at radius 1 is 1.47 bits per heavy atom. The fourth-order valence-corrected chi connectivity index (χ4v) is 1.74. The van der Waals surface area contributed by atoms with Crippen LogP contribution in [0.5, 0.6) is 5.75 Å². The molecule has 0 saturated carbocycles. The number of carbonyl (C=O) groups is 1. The van der Waals surface area contributed by atoms with Gasteiger partial charge >= 0.3 is 0 Å². The van der Waals surface area contributed by atoms with Crippen LogP contribution in [0.4, 0.5) is 0 Å². The van der Waals surface area contributed by atoms with Crippen LogP contribution in [0, 0.1) is 0 Å². The number of nitrogens with zero attached hydrogens (tertiary/aromatic N) is 1. The molecule has 1 rings (SSSR count). The standard InChI is InChI=1S/C14H21ClN2O2/c1-11(10-16)17(2)14(18)8-5-9-19-13-7-4-3-6-12(13)15/h3-4,6-7,11H,5,8-10,16H2,1-2H3. The van der Waals surface area contributed by atoms with Crippen LogP contribution in [-0.4, -0.2) is 37.0 Å². The number of hydrogen-bond donors (Lipinski definition) is 1. The number of benzene rings is 1. The SMILES string of the molecule is CC(CN)N(C)C(=O)CCCOc1ccccc1Cl. The number of rotatable bonds is 7. The number of likely N-dealkylation sites (N-methyl/N-ethyl adjacent to an activating group) is 1. The summed E-state index contributed by atoms with van der Waals surface area (Å²) >= 11 is 5.96. The van der Waals surface area contributed by atoms with E-state index in [-0.39, 0.29) is 11.9 Å². The molecule has 1 amide bonds. The van der Waals surface area contributed by atoms with Crippen molar-refractivity contribution in [3.8, 4) is 5.75 Å². The first kappa shape index (κ1) is 15.8. The maximum atomic E-state index is 11.8. The number of halogens is 1. The van der Waals surface area contributed by atoms with E-state index < -0.39 is 0 Å². The van der Waals surface area contributed by atoms with Gasteiger partial charge in [-0.2, -0.15) is 0 Å². The van der Waals surface area contributed by atoms with Crippen molar-refractivity contribution in [2.45, 2.75) is 25.8 Å². The van der Waals surface area contributed by atoms with Gasteiger partial charge in [-0.25, -0.2) is 0 Å². The maximum Gasteiger partial charge on any atom is 0.222 e. The van der Waals surface area contributed by atoms with Gasteiger partial charge in [-0.1, -0.05) is 23.7 Å². The van der Waals surface area contributed by atoms with Gasteiger partial charge in [0.1, 0.15) is 5.75 Å². The average molecular weight is 285 g/mol. The Balaban J connectivity index is 2.28. The Hall–Kier alpha value is -1.26. The summed E-state index contributed by atoms with van der Waals surface area (Å²) in [6, 6.07) is 7.37. The fraction of sp³-hybridized carbons (Fsp3) is 0.500. The van der Waals surface area contributed by atoms with Crippen LogP contribution in [0.2, 0.25) is 5.02 Å². The summed E-state index contributed by atoms with van der Waals surface area (Å²) in [4.78, 5) is 13.5. The molecule has 19 heavy (non-hydrogen) atoms. The van der Waals surface area contributed by atoms with E-state index in [1.54, 1.807) is 18.0 Å². The van der Waals surface area contributed by atoms with Gasteiger partial charge < -0.3 is 15.4 Å². The highest BCUT2D eigenvalue weighted by Gasteiger charge is 2.13. The van der Waals surface area contributed by atoms with Gasteiger partial charge in [0, 0.05) is 26.1 Å². The van der Waals surface area contributed by atoms with Crippen molar-refractivity contribution in [3.05, 3.63) is 29.3 Å². The summed E-state index contributed by atoms with van der Waals surface area (Å²) < 4.78 is 5.53. The molecule has 1 aromatic carbocycles. The van der Waals surface area contributed by atoms with E-state index in [4.69, 9.17) is 22.1 Å². The van der Waals surface area contributed by atoms with Crippen molar-refractivity contribution in [2.75, 3.05) is 20.2 Å². The minimum absolute atomic E-state index is 0.0667. The van der Waals surface area contributed by atoms with E-state index in [2.05, 4.69) is 0 Å². The molecule has 4 nitrogen and oxygen atoms in total. The smallest absolute Gasteiger partial charge is 0.222 e. The molecule has 0 spiro atoms. The molecule has 0 saturated heterocycles. The monoisotopic (exact) mass is 284 g/mol. The zero-order chi connectivity index (χ0) is 14.3. The minimum Gasteiger partial charge on any atom is -0.492 e. The molecule has 0 bridgehead atoms. The quantitative estimate of drug-likeness (QED) is 0.782. The van der Waals surface area contributed by atoms with Crippen LogP contribution in [-0.2, 0) is 4.79 Å². The molecule has 0 aromatic heterocycles. The Labute approximate surface area is 119 Å². The molecule has 0 aliphatic carbocycles. The van der Waals surface area contributed by atoms with Crippen LogP contribution < -0.4 is 10.5 Å². The largest absolute Gasteiger partial charge is 0.492 e. The normalized spacial score (nSPS) is 12.0. The van der Waals surface area contributed by atoms with Crippen LogP contribution >= 0.6 is 11.6 Å². The van der Waals surface area contributed by atoms with Crippen LogP contribution in [0.15, 0.2) is 24.3 Å². The highest BCUT2D eigenvalue weighted by atomic mass is 35.5. The third-order valence-corrected chi connectivity index (χ3v) is 3.34. The molecular formula is C14H21ClN2O2. The fourth-order valence-electron chi connectivity index (χ4n) is 1.55. The van der Waals surface area contributed by atoms with E-state index in [1.165, 1.54) is 0 Å². The zero-order valence-electron chi connectivity index (χ0n) is 11.4. The number of nitrogens with two attached hydrogens (primary N) is 1. The molecule has 1 aromatic rings. The lowest BCUT2D eigenvalue weighted by Crippen LogP contribution is -2.39. The maximum absolute atomic E-state index is 11.8. The lowest BCUT2D eigenvalue weighted by atomic mass is 10.2. The Bertz CT molecular complexity index is 412. The molecule has 0 fully saturated rings. The number of amides is 1. The summed E-state index contributed by atoms with van der Waals surface area (Å²) in [6.07, 6.45) is 1.11. The third kappa shape index (κ3) is 5.09. The van der Waals surface area contributed by atoms with Crippen LogP contribution in [0.25, 0.3) is 0 Å². The zero-order valence-corrected chi connectivity index (χ0v) is 12.2. The Morgan fingerprint density at radius 2 is 2.16 bits per heavy atom. The molecule has 0 aliphatic heterocycles. The number of hydrogen-bond acceptors (Lipinski definition) is 3. The predicted octanol–water partition coefficient (Wildman–Crippen LogP) is 2.30. The van der Waals surface area contributed by atoms with Crippen LogP contribution in [0.1, 0.15) is 19.8 Å². The summed E-state index contributed by atoms with van der Waals surface area (Å²) in [5, 5.41) is 0.586. The molecule has 5 heteroatoms. The first-order valence-corrected chi connectivity index (χ1v) is 6.77. The van der Waals surface area contributed by atoms with Crippen molar-refractivity contribution < 1.29 is 9.53 Å². The molecule has 1 unspecified atom stereocenters. The highest BCUT2D eigenvalue weighted by molar-refractivity contribution is 6.32. The minimum atomic E-state index is 0.0667. The second-order valence-corrected chi connectivity index (χ2v) is 4.88. The van der Waals surface area contributed by atoms with Crippen molar-refractivity contribution >= 4 is 17.5 Å². The predicted molar refractivity (Wildman–Crippen MR) is 77.5 cm³/mol. The van der Waals surface area contributed by atoms with Crippen LogP contribution in [0.3, 0.4) is 0 Å². The first-order valence-electron chi connectivity index (χ1n) is 6.39. The van der Waals surface area contributed by atoms with E-state index in [0.29, 0.717) is 36.8 Å². The highest BCUT2D eigenvalue weighted by Crippen LogP contribution is 2.23. The van der Waals surface area contributed by atoms with Gasteiger partial charge in [-0.05, 0) is 25.5 Å². The van der Waals surface area contributed by atoms with Gasteiger partial charge in [0.2, 0.25) is 5.91 Å². The van der Waals surface area contributed by atoms with Crippen molar-refractivity contribution in [3.63, 3.8) is 0 Å². The average Bonchev–Trinajstić information content (AvgIpc) is 2.43. The number of ether oxygens (including phenoxy) is 1. The van der Waals surface area contributed by atoms with Gasteiger partial charge in [-0.3, -0.25) is 4.79 Å². The van der Waals surface area contributed by atoms with Crippen molar-refractivity contribution in [2.24, 2.45) is 5.73 Å². The topological polar surface area (TPSA) is 55.6 Å². The van der Waals surface area contributed by atoms with E-state index in [9.17, 15) is 4.79 Å². The Morgan fingerprint density at radius 3 is 2.79 bits per heavy atom. The summed E-state index contributed by atoms with van der Waals surface area (Å²) in [6.45, 7) is 2.87. The van der Waals surface area contributed by atoms with Crippen molar-refractivity contribution in [1.82, 2.24) is 4.90 Å². The van der Waals surface area contributed by atoms with E-state index in [1.807, 2.05) is 25.1 Å². The summed E-state index contributed by atoms with van der Waals surface area (Å²) in [5.41, 5.74) is 5.52. The Kier molecular flexibility index (Phi) is 6.67. The lowest BCUT2D eigenvalue weighted by Gasteiger charge is -2.23. The first-order chi connectivity index (χ1) is 9.06. The molecule has 1 atom stereocenters. The third-order valence-electron chi connectivity index (χ3n) is 3.02. The summed E-state index contributed by atoms with van der Waals surface area (Å²) in [5.74, 6) is 0.737.